The van der Waals surface area contributed by atoms with E-state index in [1.54, 1.807) is 30.5 Å². The largest absolute Gasteiger partial charge is 0.380 e. The van der Waals surface area contributed by atoms with Gasteiger partial charge in [-0.15, -0.1) is 17.8 Å². The summed E-state index contributed by atoms with van der Waals surface area (Å²) in [6.45, 7) is 4.37. The third-order valence-electron chi connectivity index (χ3n) is 4.72. The number of benzene rings is 1. The van der Waals surface area contributed by atoms with Crippen LogP contribution in [0.4, 0.5) is 10.1 Å². The number of anilines is 1. The van der Waals surface area contributed by atoms with Gasteiger partial charge >= 0.3 is 0 Å². The van der Waals surface area contributed by atoms with Crippen molar-refractivity contribution in [3.05, 3.63) is 57.8 Å². The number of nitrogens with two attached hydrogens (primary N) is 1. The number of thiol groups is 1. The number of aromatic nitrogens is 1. The van der Waals surface area contributed by atoms with E-state index in [2.05, 4.69) is 28.8 Å². The van der Waals surface area contributed by atoms with Gasteiger partial charge in [-0.3, -0.25) is 0 Å². The van der Waals surface area contributed by atoms with E-state index in [9.17, 15) is 4.39 Å². The second-order valence-electron chi connectivity index (χ2n) is 6.81. The molecule has 0 atom stereocenters. The van der Waals surface area contributed by atoms with Gasteiger partial charge in [0.05, 0.1) is 16.0 Å². The van der Waals surface area contributed by atoms with Gasteiger partial charge in [0.25, 0.3) is 0 Å². The number of fused-ring (bicyclic) bond motifs is 1. The summed E-state index contributed by atoms with van der Waals surface area (Å²) >= 11 is 11.1. The average molecular weight is 494 g/mol. The van der Waals surface area contributed by atoms with Gasteiger partial charge in [-0.25, -0.2) is 9.37 Å². The highest BCUT2D eigenvalue weighted by atomic mass is 35.5. The SMILES string of the molecule is C#Cc1csc2c(NCc3ccccc3F)cc(Cl)nc12.CC.CS.NC1CCCCC1. The van der Waals surface area contributed by atoms with Crippen molar-refractivity contribution in [2.75, 3.05) is 11.6 Å². The van der Waals surface area contributed by atoms with Crippen molar-refractivity contribution in [3.63, 3.8) is 0 Å². The van der Waals surface area contributed by atoms with E-state index in [4.69, 9.17) is 23.8 Å². The number of pyridine rings is 1. The van der Waals surface area contributed by atoms with E-state index in [-0.39, 0.29) is 5.82 Å². The second kappa shape index (κ2) is 15.9. The maximum Gasteiger partial charge on any atom is 0.131 e. The zero-order valence-electron chi connectivity index (χ0n) is 19.0. The third-order valence-corrected chi connectivity index (χ3v) is 5.92. The lowest BCUT2D eigenvalue weighted by molar-refractivity contribution is 0.441. The molecule has 1 saturated carbocycles. The van der Waals surface area contributed by atoms with Crippen molar-refractivity contribution in [2.45, 2.75) is 58.5 Å². The molecule has 0 radical (unpaired) electrons. The Morgan fingerprint density at radius 1 is 1.25 bits per heavy atom. The summed E-state index contributed by atoms with van der Waals surface area (Å²) in [4.78, 5) is 4.26. The summed E-state index contributed by atoms with van der Waals surface area (Å²) in [7, 11) is 0. The number of hydrogen-bond donors (Lipinski definition) is 3. The van der Waals surface area contributed by atoms with Gasteiger partial charge in [0.15, 0.2) is 0 Å². The maximum atomic E-state index is 13.6. The summed E-state index contributed by atoms with van der Waals surface area (Å²) in [5, 5.41) is 5.42. The van der Waals surface area contributed by atoms with Crippen LogP contribution in [-0.4, -0.2) is 17.3 Å². The quantitative estimate of drug-likeness (QED) is 0.201. The van der Waals surface area contributed by atoms with E-state index < -0.39 is 0 Å². The van der Waals surface area contributed by atoms with Crippen LogP contribution in [-0.2, 0) is 6.54 Å². The molecule has 3 nitrogen and oxygen atoms in total. The molecule has 174 valence electrons. The lowest BCUT2D eigenvalue weighted by atomic mass is 9.97. The first-order valence-corrected chi connectivity index (χ1v) is 13.0. The molecule has 0 aliphatic heterocycles. The Labute approximate surface area is 206 Å². The van der Waals surface area contributed by atoms with Gasteiger partial charge < -0.3 is 11.1 Å². The lowest BCUT2D eigenvalue weighted by Crippen LogP contribution is -2.22. The first kappa shape index (κ1) is 28.3. The summed E-state index contributed by atoms with van der Waals surface area (Å²) in [5.41, 5.74) is 8.44. The number of nitrogens with zero attached hydrogens (tertiary/aromatic N) is 1. The summed E-state index contributed by atoms with van der Waals surface area (Å²) < 4.78 is 14.6. The van der Waals surface area contributed by atoms with Crippen molar-refractivity contribution in [1.29, 1.82) is 0 Å². The van der Waals surface area contributed by atoms with Gasteiger partial charge in [0.2, 0.25) is 0 Å². The predicted octanol–water partition coefficient (Wildman–Crippen LogP) is 7.53. The number of nitrogens with one attached hydrogen (secondary N) is 1. The smallest absolute Gasteiger partial charge is 0.131 e. The highest BCUT2D eigenvalue weighted by Gasteiger charge is 2.11. The fourth-order valence-corrected chi connectivity index (χ4v) is 4.31. The third kappa shape index (κ3) is 8.63. The zero-order chi connectivity index (χ0) is 23.9. The molecule has 2 heterocycles. The van der Waals surface area contributed by atoms with Crippen LogP contribution in [0.3, 0.4) is 0 Å². The Bertz CT molecular complexity index is 979. The van der Waals surface area contributed by atoms with E-state index >= 15 is 0 Å². The minimum Gasteiger partial charge on any atom is -0.380 e. The molecule has 7 heteroatoms. The van der Waals surface area contributed by atoms with Gasteiger partial charge in [-0.1, -0.05) is 68.8 Å². The molecule has 1 aliphatic rings. The van der Waals surface area contributed by atoms with Crippen LogP contribution in [0, 0.1) is 18.2 Å². The van der Waals surface area contributed by atoms with E-state index in [0.717, 1.165) is 10.4 Å². The Hall–Kier alpha value is -1.78. The summed E-state index contributed by atoms with van der Waals surface area (Å²) in [6.07, 6.45) is 13.8. The van der Waals surface area contributed by atoms with Crippen LogP contribution in [0.25, 0.3) is 10.2 Å². The van der Waals surface area contributed by atoms with Crippen LogP contribution < -0.4 is 11.1 Å². The minimum absolute atomic E-state index is 0.239. The molecule has 3 aromatic rings. The van der Waals surface area contributed by atoms with Gasteiger partial charge in [0, 0.05) is 29.6 Å². The van der Waals surface area contributed by atoms with E-state index in [0.29, 0.717) is 34.4 Å². The number of terminal acetylenes is 1. The van der Waals surface area contributed by atoms with Gasteiger partial charge in [-0.05, 0) is 25.2 Å². The zero-order valence-corrected chi connectivity index (χ0v) is 21.5. The molecule has 1 aliphatic carbocycles. The van der Waals surface area contributed by atoms with Crippen LogP contribution in [0.15, 0.2) is 35.7 Å². The molecule has 0 saturated heterocycles. The maximum absolute atomic E-state index is 13.6. The molecule has 0 bridgehead atoms. The van der Waals surface area contributed by atoms with Crippen molar-refractivity contribution in [3.8, 4) is 12.3 Å². The minimum atomic E-state index is -0.239. The molecule has 4 rings (SSSR count). The Balaban J connectivity index is 0.000000390. The summed E-state index contributed by atoms with van der Waals surface area (Å²) in [5.74, 6) is 2.35. The number of rotatable bonds is 3. The average Bonchev–Trinajstić information content (AvgIpc) is 3.25. The molecule has 1 aromatic carbocycles. The summed E-state index contributed by atoms with van der Waals surface area (Å²) in [6, 6.07) is 8.91. The fourth-order valence-electron chi connectivity index (χ4n) is 3.18. The van der Waals surface area contributed by atoms with Crippen LogP contribution in [0.5, 0.6) is 0 Å². The first-order valence-electron chi connectivity index (χ1n) is 10.8. The van der Waals surface area contributed by atoms with Crippen LogP contribution in [0.1, 0.15) is 57.1 Å². The molecule has 0 unspecified atom stereocenters. The monoisotopic (exact) mass is 493 g/mol. The Morgan fingerprint density at radius 2 is 1.91 bits per heavy atom. The topological polar surface area (TPSA) is 50.9 Å². The van der Waals surface area contributed by atoms with Crippen molar-refractivity contribution >= 4 is 51.5 Å². The van der Waals surface area contributed by atoms with Gasteiger partial charge in [0.1, 0.15) is 16.5 Å². The number of hydrogen-bond acceptors (Lipinski definition) is 5. The van der Waals surface area contributed by atoms with Crippen molar-refractivity contribution < 1.29 is 4.39 Å². The van der Waals surface area contributed by atoms with E-state index in [1.807, 2.05) is 19.2 Å². The molecular formula is C25H33ClFN3S2. The molecule has 3 N–H and O–H groups in total. The Morgan fingerprint density at radius 3 is 2.47 bits per heavy atom. The highest BCUT2D eigenvalue weighted by Crippen LogP contribution is 2.33. The fraction of sp³-hybridized carbons (Fsp3) is 0.400. The molecule has 2 aromatic heterocycles. The highest BCUT2D eigenvalue weighted by molar-refractivity contribution is 7.79. The Kier molecular flexibility index (Phi) is 14.1. The molecule has 1 fully saturated rings. The molecule has 0 spiro atoms. The predicted molar refractivity (Wildman–Crippen MR) is 144 cm³/mol. The standard InChI is InChI=1S/C16H10ClFN2S.C6H13N.C2H6.CH4S/c1-2-10-9-21-16-13(7-14(17)20-15(10)16)19-8-11-5-3-4-6-12(11)18;7-6-4-2-1-3-5-6;2*1-2/h1,3-7,9H,8H2,(H,19,20);6H,1-5,7H2;1-2H3;2H,1H3. The van der Waals surface area contributed by atoms with E-state index in [1.165, 1.54) is 49.5 Å². The van der Waals surface area contributed by atoms with Crippen LogP contribution in [0.2, 0.25) is 5.15 Å². The van der Waals surface area contributed by atoms with Crippen LogP contribution >= 0.6 is 35.6 Å². The van der Waals surface area contributed by atoms with Gasteiger partial charge in [-0.2, -0.15) is 12.6 Å². The first-order chi connectivity index (χ1) is 15.6. The van der Waals surface area contributed by atoms with Crippen molar-refractivity contribution in [2.24, 2.45) is 5.73 Å². The molecular weight excluding hydrogens is 461 g/mol. The molecule has 0 amide bonds. The normalized spacial score (nSPS) is 12.8. The number of thiophene rings is 1. The van der Waals surface area contributed by atoms with Crippen molar-refractivity contribution in [1.82, 2.24) is 4.98 Å². The molecule has 32 heavy (non-hydrogen) atoms. The lowest BCUT2D eigenvalue weighted by Gasteiger charge is -2.15. The second-order valence-corrected chi connectivity index (χ2v) is 8.07. The number of halogens is 2.